The van der Waals surface area contributed by atoms with Gasteiger partial charge < -0.3 is 5.32 Å². The summed E-state index contributed by atoms with van der Waals surface area (Å²) in [6, 6.07) is 16.8. The normalized spacial score (nSPS) is 10.3. The van der Waals surface area contributed by atoms with Gasteiger partial charge in [0, 0.05) is 27.4 Å². The zero-order valence-corrected chi connectivity index (χ0v) is 12.7. The summed E-state index contributed by atoms with van der Waals surface area (Å²) in [7, 11) is 0. The second-order valence-corrected chi connectivity index (χ2v) is 6.10. The van der Waals surface area contributed by atoms with Gasteiger partial charge in [-0.05, 0) is 42.8 Å². The van der Waals surface area contributed by atoms with Gasteiger partial charge in [-0.15, -0.1) is 11.8 Å². The van der Waals surface area contributed by atoms with Gasteiger partial charge in [-0.25, -0.2) is 0 Å². The maximum absolute atomic E-state index is 3.43. The van der Waals surface area contributed by atoms with Crippen molar-refractivity contribution in [2.24, 2.45) is 0 Å². The fourth-order valence-corrected chi connectivity index (χ4v) is 2.80. The molecule has 1 N–H and O–H groups in total. The molecule has 2 aromatic rings. The third-order valence-corrected chi connectivity index (χ3v) is 4.33. The lowest BCUT2D eigenvalue weighted by Gasteiger charge is -2.07. The quantitative estimate of drug-likeness (QED) is 0.617. The van der Waals surface area contributed by atoms with E-state index in [-0.39, 0.29) is 0 Å². The van der Waals surface area contributed by atoms with Crippen LogP contribution in [0.5, 0.6) is 0 Å². The Labute approximate surface area is 121 Å². The molecule has 0 amide bonds. The van der Waals surface area contributed by atoms with E-state index in [9.17, 15) is 0 Å². The highest BCUT2D eigenvalue weighted by atomic mass is 79.9. The molecule has 3 heteroatoms. The first-order valence-corrected chi connectivity index (χ1v) is 7.71. The van der Waals surface area contributed by atoms with Crippen molar-refractivity contribution in [2.75, 3.05) is 17.6 Å². The molecule has 2 rings (SSSR count). The van der Waals surface area contributed by atoms with Crippen molar-refractivity contribution >= 4 is 33.4 Å². The van der Waals surface area contributed by atoms with Gasteiger partial charge in [0.05, 0.1) is 0 Å². The van der Waals surface area contributed by atoms with E-state index in [0.29, 0.717) is 0 Å². The summed E-state index contributed by atoms with van der Waals surface area (Å²) in [5.41, 5.74) is 2.52. The van der Waals surface area contributed by atoms with E-state index >= 15 is 0 Å². The van der Waals surface area contributed by atoms with E-state index in [1.165, 1.54) is 16.1 Å². The highest BCUT2D eigenvalue weighted by Crippen LogP contribution is 2.21. The number of benzene rings is 2. The third-order valence-electron chi connectivity index (χ3n) is 2.63. The SMILES string of the molecule is Cc1ccccc1SCCNc1ccc(Br)cc1. The fourth-order valence-electron chi connectivity index (χ4n) is 1.64. The molecular weight excluding hydrogens is 306 g/mol. The Balaban J connectivity index is 1.76. The third kappa shape index (κ3) is 4.07. The largest absolute Gasteiger partial charge is 0.384 e. The predicted octanol–water partition coefficient (Wildman–Crippen LogP) is 4.96. The van der Waals surface area contributed by atoms with E-state index in [0.717, 1.165) is 16.8 Å². The van der Waals surface area contributed by atoms with Crippen LogP contribution in [0.4, 0.5) is 5.69 Å². The number of nitrogens with one attached hydrogen (secondary N) is 1. The van der Waals surface area contributed by atoms with E-state index in [2.05, 4.69) is 76.7 Å². The van der Waals surface area contributed by atoms with Crippen molar-refractivity contribution in [1.82, 2.24) is 0 Å². The first-order chi connectivity index (χ1) is 8.75. The Hall–Kier alpha value is -0.930. The molecule has 0 heterocycles. The summed E-state index contributed by atoms with van der Waals surface area (Å²) in [6.07, 6.45) is 0. The molecular formula is C15H16BrNS. The molecule has 0 unspecified atom stereocenters. The summed E-state index contributed by atoms with van der Waals surface area (Å²) in [5.74, 6) is 1.07. The second kappa shape index (κ2) is 6.86. The van der Waals surface area contributed by atoms with Crippen LogP contribution in [0.25, 0.3) is 0 Å². The van der Waals surface area contributed by atoms with Gasteiger partial charge >= 0.3 is 0 Å². The molecule has 1 nitrogen and oxygen atoms in total. The highest BCUT2D eigenvalue weighted by Gasteiger charge is 1.97. The monoisotopic (exact) mass is 321 g/mol. The Morgan fingerprint density at radius 2 is 1.78 bits per heavy atom. The smallest absolute Gasteiger partial charge is 0.0341 e. The number of hydrogen-bond donors (Lipinski definition) is 1. The van der Waals surface area contributed by atoms with Gasteiger partial charge in [-0.2, -0.15) is 0 Å². The average Bonchev–Trinajstić information content (AvgIpc) is 2.39. The van der Waals surface area contributed by atoms with Crippen molar-refractivity contribution in [3.05, 3.63) is 58.6 Å². The van der Waals surface area contributed by atoms with Crippen LogP contribution in [0.1, 0.15) is 5.56 Å². The minimum Gasteiger partial charge on any atom is -0.384 e. The van der Waals surface area contributed by atoms with Crippen LogP contribution >= 0.6 is 27.7 Å². The summed E-state index contributed by atoms with van der Waals surface area (Å²) < 4.78 is 1.11. The summed E-state index contributed by atoms with van der Waals surface area (Å²) in [4.78, 5) is 1.37. The first-order valence-electron chi connectivity index (χ1n) is 5.93. The van der Waals surface area contributed by atoms with E-state index in [4.69, 9.17) is 0 Å². The molecule has 0 atom stereocenters. The topological polar surface area (TPSA) is 12.0 Å². The molecule has 0 aliphatic rings. The molecule has 0 aliphatic heterocycles. The number of halogens is 1. The molecule has 18 heavy (non-hydrogen) atoms. The summed E-state index contributed by atoms with van der Waals surface area (Å²) in [5, 5.41) is 3.42. The zero-order valence-electron chi connectivity index (χ0n) is 10.3. The number of anilines is 1. The minimum atomic E-state index is 0.973. The second-order valence-electron chi connectivity index (χ2n) is 4.05. The number of aryl methyl sites for hydroxylation is 1. The molecule has 0 saturated carbocycles. The maximum Gasteiger partial charge on any atom is 0.0341 e. The molecule has 0 aromatic heterocycles. The molecule has 94 valence electrons. The standard InChI is InChI=1S/C15H16BrNS/c1-12-4-2-3-5-15(12)18-11-10-17-14-8-6-13(16)7-9-14/h2-9,17H,10-11H2,1H3. The van der Waals surface area contributed by atoms with Gasteiger partial charge in [0.2, 0.25) is 0 Å². The summed E-state index contributed by atoms with van der Waals surface area (Å²) >= 11 is 5.33. The van der Waals surface area contributed by atoms with Crippen molar-refractivity contribution in [3.63, 3.8) is 0 Å². The van der Waals surface area contributed by atoms with Crippen LogP contribution in [0.3, 0.4) is 0 Å². The number of rotatable bonds is 5. The fraction of sp³-hybridized carbons (Fsp3) is 0.200. The Morgan fingerprint density at radius 1 is 1.06 bits per heavy atom. The van der Waals surface area contributed by atoms with Crippen molar-refractivity contribution in [2.45, 2.75) is 11.8 Å². The molecule has 0 saturated heterocycles. The van der Waals surface area contributed by atoms with Gasteiger partial charge in [0.1, 0.15) is 0 Å². The lowest BCUT2D eigenvalue weighted by molar-refractivity contribution is 1.21. The van der Waals surface area contributed by atoms with Gasteiger partial charge in [0.15, 0.2) is 0 Å². The maximum atomic E-state index is 3.43. The lowest BCUT2D eigenvalue weighted by atomic mass is 10.2. The highest BCUT2D eigenvalue weighted by molar-refractivity contribution is 9.10. The molecule has 0 radical (unpaired) electrons. The van der Waals surface area contributed by atoms with Gasteiger partial charge in [-0.3, -0.25) is 0 Å². The van der Waals surface area contributed by atoms with Crippen LogP contribution in [-0.2, 0) is 0 Å². The molecule has 0 aliphatic carbocycles. The Kier molecular flexibility index (Phi) is 5.14. The van der Waals surface area contributed by atoms with Crippen LogP contribution in [-0.4, -0.2) is 12.3 Å². The number of thioether (sulfide) groups is 1. The Morgan fingerprint density at radius 3 is 2.50 bits per heavy atom. The predicted molar refractivity (Wildman–Crippen MR) is 84.5 cm³/mol. The molecule has 0 bridgehead atoms. The summed E-state index contributed by atoms with van der Waals surface area (Å²) in [6.45, 7) is 3.13. The Bertz CT molecular complexity index is 496. The average molecular weight is 322 g/mol. The minimum absolute atomic E-state index is 0.973. The van der Waals surface area contributed by atoms with Gasteiger partial charge in [-0.1, -0.05) is 34.1 Å². The van der Waals surface area contributed by atoms with Crippen LogP contribution in [0.15, 0.2) is 57.9 Å². The van der Waals surface area contributed by atoms with Crippen molar-refractivity contribution < 1.29 is 0 Å². The first kappa shape index (κ1) is 13.5. The van der Waals surface area contributed by atoms with E-state index in [1.807, 2.05) is 11.8 Å². The van der Waals surface area contributed by atoms with E-state index in [1.54, 1.807) is 0 Å². The van der Waals surface area contributed by atoms with Crippen molar-refractivity contribution in [3.8, 4) is 0 Å². The van der Waals surface area contributed by atoms with E-state index < -0.39 is 0 Å². The molecule has 0 fully saturated rings. The van der Waals surface area contributed by atoms with Crippen LogP contribution in [0, 0.1) is 6.92 Å². The van der Waals surface area contributed by atoms with Gasteiger partial charge in [0.25, 0.3) is 0 Å². The van der Waals surface area contributed by atoms with Crippen molar-refractivity contribution in [1.29, 1.82) is 0 Å². The number of hydrogen-bond acceptors (Lipinski definition) is 2. The van der Waals surface area contributed by atoms with Crippen LogP contribution < -0.4 is 5.32 Å². The zero-order chi connectivity index (χ0) is 12.8. The molecule has 0 spiro atoms. The molecule has 2 aromatic carbocycles. The lowest BCUT2D eigenvalue weighted by Crippen LogP contribution is -2.03. The van der Waals surface area contributed by atoms with Crippen LogP contribution in [0.2, 0.25) is 0 Å².